The van der Waals surface area contributed by atoms with Crippen molar-refractivity contribution in [2.45, 2.75) is 83.3 Å². The maximum Gasteiger partial charge on any atom is 0.147 e. The number of carbonyl (C=O) groups excluding carboxylic acids is 1. The van der Waals surface area contributed by atoms with Gasteiger partial charge in [-0.05, 0) is 68.6 Å². The first-order valence-corrected chi connectivity index (χ1v) is 10.9. The Morgan fingerprint density at radius 3 is 2.54 bits per heavy atom. The van der Waals surface area contributed by atoms with Crippen LogP contribution in [0, 0.1) is 29.1 Å². The summed E-state index contributed by atoms with van der Waals surface area (Å²) in [6.45, 7) is 6.31. The van der Waals surface area contributed by atoms with Crippen molar-refractivity contribution in [3.05, 3.63) is 10.6 Å². The molecule has 0 heterocycles. The normalized spacial score (nSPS) is 47.0. The number of halogens is 1. The van der Waals surface area contributed by atoms with Gasteiger partial charge in [-0.3, -0.25) is 4.79 Å². The molecule has 0 aromatic carbocycles. The van der Waals surface area contributed by atoms with Gasteiger partial charge in [-0.25, -0.2) is 0 Å². The van der Waals surface area contributed by atoms with Crippen LogP contribution in [0.1, 0.15) is 78.6 Å². The molecule has 6 unspecified atom stereocenters. The number of thiol groups is 1. The molecule has 136 valence electrons. The smallest absolute Gasteiger partial charge is 0.147 e. The van der Waals surface area contributed by atoms with Crippen LogP contribution in [0.25, 0.3) is 0 Å². The minimum Gasteiger partial charge on any atom is -0.298 e. The molecule has 0 aromatic rings. The molecule has 1 nitrogen and oxygen atoms in total. The summed E-state index contributed by atoms with van der Waals surface area (Å²) in [6, 6.07) is 0. The summed E-state index contributed by atoms with van der Waals surface area (Å²) in [6.07, 6.45) is 12.4. The second-order valence-corrected chi connectivity index (χ2v) is 9.72. The molecule has 0 radical (unpaired) electrons. The molecule has 3 saturated carbocycles. The summed E-state index contributed by atoms with van der Waals surface area (Å²) < 4.78 is 0.263. The van der Waals surface area contributed by atoms with E-state index in [9.17, 15) is 4.79 Å². The number of fused-ring (bicyclic) bond motifs is 5. The lowest BCUT2D eigenvalue weighted by Gasteiger charge is -2.59. The van der Waals surface area contributed by atoms with E-state index in [-0.39, 0.29) is 10.2 Å². The molecule has 3 heteroatoms. The monoisotopic (exact) mass is 368 g/mol. The van der Waals surface area contributed by atoms with Gasteiger partial charge >= 0.3 is 0 Å². The number of allylic oxidation sites excluding steroid dienone is 2. The Labute approximate surface area is 158 Å². The van der Waals surface area contributed by atoms with Crippen molar-refractivity contribution in [2.75, 3.05) is 0 Å². The van der Waals surface area contributed by atoms with Crippen molar-refractivity contribution >= 4 is 30.5 Å². The highest BCUT2D eigenvalue weighted by Gasteiger charge is 2.59. The van der Waals surface area contributed by atoms with E-state index in [1.54, 1.807) is 0 Å². The molecular formula is C21H33ClOS. The predicted octanol–water partition coefficient (Wildman–Crippen LogP) is 6.41. The summed E-state index contributed by atoms with van der Waals surface area (Å²) >= 11 is 11.9. The van der Waals surface area contributed by atoms with Crippen LogP contribution in [0.4, 0.5) is 0 Å². The number of rotatable bonds is 1. The Morgan fingerprint density at radius 1 is 1.08 bits per heavy atom. The highest BCUT2D eigenvalue weighted by Crippen LogP contribution is 2.66. The van der Waals surface area contributed by atoms with Crippen LogP contribution >= 0.6 is 24.2 Å². The largest absolute Gasteiger partial charge is 0.298 e. The van der Waals surface area contributed by atoms with Gasteiger partial charge in [-0.1, -0.05) is 45.2 Å². The average Bonchev–Trinajstić information content (AvgIpc) is 2.87. The van der Waals surface area contributed by atoms with Gasteiger partial charge in [0.25, 0.3) is 0 Å². The van der Waals surface area contributed by atoms with Gasteiger partial charge < -0.3 is 0 Å². The van der Waals surface area contributed by atoms with Crippen LogP contribution in [0.3, 0.4) is 0 Å². The Kier molecular flexibility index (Phi) is 5.48. The molecule has 4 aliphatic carbocycles. The van der Waals surface area contributed by atoms with Crippen molar-refractivity contribution < 1.29 is 4.79 Å². The first-order chi connectivity index (χ1) is 11.5. The number of hydrogen-bond acceptors (Lipinski definition) is 2. The fourth-order valence-corrected chi connectivity index (χ4v) is 7.70. The van der Waals surface area contributed by atoms with Gasteiger partial charge in [0.1, 0.15) is 6.29 Å². The second-order valence-electron chi connectivity index (χ2n) is 8.51. The van der Waals surface area contributed by atoms with Gasteiger partial charge in [0.2, 0.25) is 0 Å². The highest BCUT2D eigenvalue weighted by atomic mass is 35.5. The van der Waals surface area contributed by atoms with E-state index in [4.69, 9.17) is 24.2 Å². The fraction of sp³-hybridized carbons (Fsp3) is 0.857. The molecule has 4 rings (SSSR count). The van der Waals surface area contributed by atoms with Crippen molar-refractivity contribution in [1.82, 2.24) is 0 Å². The molecule has 0 aromatic heterocycles. The lowest BCUT2D eigenvalue weighted by molar-refractivity contribution is -0.105. The predicted molar refractivity (Wildman–Crippen MR) is 106 cm³/mol. The third-order valence-electron chi connectivity index (χ3n) is 7.77. The first-order valence-electron chi connectivity index (χ1n) is 10.1. The molecule has 0 N–H and O–H groups in total. The number of aldehydes is 1. The molecular weight excluding hydrogens is 336 g/mol. The van der Waals surface area contributed by atoms with E-state index in [0.29, 0.717) is 5.92 Å². The van der Waals surface area contributed by atoms with E-state index >= 15 is 0 Å². The topological polar surface area (TPSA) is 17.1 Å². The van der Waals surface area contributed by atoms with Crippen molar-refractivity contribution in [3.8, 4) is 0 Å². The molecule has 0 spiro atoms. The molecule has 0 saturated heterocycles. The minimum atomic E-state index is 0.0601. The Balaban J connectivity index is 0.000000815. The molecule has 4 aliphatic rings. The lowest BCUT2D eigenvalue weighted by Crippen LogP contribution is -2.54. The van der Waals surface area contributed by atoms with E-state index in [1.165, 1.54) is 44.9 Å². The third-order valence-corrected chi connectivity index (χ3v) is 9.36. The number of carbonyl (C=O) groups is 1. The SMILES string of the molecule is CC.CC12CCC3C(CCC4CCCCC43S)C1CC(C=O)=C2Cl. The van der Waals surface area contributed by atoms with Crippen molar-refractivity contribution in [3.63, 3.8) is 0 Å². The minimum absolute atomic E-state index is 0.0601. The second kappa shape index (κ2) is 6.99. The lowest BCUT2D eigenvalue weighted by atomic mass is 9.50. The zero-order valence-electron chi connectivity index (χ0n) is 15.5. The summed E-state index contributed by atoms with van der Waals surface area (Å²) in [5, 5.41) is 0.880. The quantitative estimate of drug-likeness (QED) is 0.418. The van der Waals surface area contributed by atoms with Crippen LogP contribution in [0.2, 0.25) is 0 Å². The summed E-state index contributed by atoms with van der Waals surface area (Å²) in [7, 11) is 0. The van der Waals surface area contributed by atoms with Crippen molar-refractivity contribution in [2.24, 2.45) is 29.1 Å². The summed E-state index contributed by atoms with van der Waals surface area (Å²) in [5.41, 5.74) is 0.943. The molecule has 3 fully saturated rings. The zero-order valence-corrected chi connectivity index (χ0v) is 17.1. The van der Waals surface area contributed by atoms with Crippen LogP contribution in [0.5, 0.6) is 0 Å². The maximum atomic E-state index is 11.4. The third kappa shape index (κ3) is 2.62. The standard InChI is InChI=1S/C19H27ClOS.C2H6/c1-18-9-7-15-14(16(18)10-12(11-21)17(18)20)6-5-13-4-2-3-8-19(13,15)22;1-2/h11,13-16,22H,2-10H2,1H3;1-2H3. The molecule has 6 atom stereocenters. The maximum absolute atomic E-state index is 11.4. The average molecular weight is 369 g/mol. The molecule has 0 amide bonds. The summed E-state index contributed by atoms with van der Waals surface area (Å²) in [4.78, 5) is 11.4. The van der Waals surface area contributed by atoms with Gasteiger partial charge in [0, 0.05) is 20.8 Å². The van der Waals surface area contributed by atoms with E-state index in [1.807, 2.05) is 13.8 Å². The van der Waals surface area contributed by atoms with E-state index < -0.39 is 0 Å². The van der Waals surface area contributed by atoms with Gasteiger partial charge in [0.05, 0.1) is 0 Å². The Hall–Kier alpha value is 0.0500. The molecule has 0 aliphatic heterocycles. The van der Waals surface area contributed by atoms with E-state index in [2.05, 4.69) is 6.92 Å². The highest BCUT2D eigenvalue weighted by molar-refractivity contribution is 7.81. The van der Waals surface area contributed by atoms with Gasteiger partial charge in [-0.15, -0.1) is 0 Å². The zero-order chi connectivity index (χ0) is 17.5. The van der Waals surface area contributed by atoms with E-state index in [0.717, 1.165) is 47.5 Å². The Bertz CT molecular complexity index is 530. The first kappa shape index (κ1) is 18.8. The number of hydrogen-bond donors (Lipinski definition) is 1. The van der Waals surface area contributed by atoms with Crippen LogP contribution < -0.4 is 0 Å². The fourth-order valence-electron chi connectivity index (χ4n) is 6.60. The molecule has 24 heavy (non-hydrogen) atoms. The summed E-state index contributed by atoms with van der Waals surface area (Å²) in [5.74, 6) is 2.86. The van der Waals surface area contributed by atoms with Crippen LogP contribution in [-0.2, 0) is 4.79 Å². The van der Waals surface area contributed by atoms with Crippen molar-refractivity contribution in [1.29, 1.82) is 0 Å². The van der Waals surface area contributed by atoms with Crippen LogP contribution in [0.15, 0.2) is 10.6 Å². The van der Waals surface area contributed by atoms with Gasteiger partial charge in [0.15, 0.2) is 0 Å². The van der Waals surface area contributed by atoms with Gasteiger partial charge in [-0.2, -0.15) is 12.6 Å². The Morgan fingerprint density at radius 2 is 1.83 bits per heavy atom. The van der Waals surface area contributed by atoms with Crippen LogP contribution in [-0.4, -0.2) is 11.0 Å². The molecule has 0 bridgehead atoms.